The molecule has 2 rings (SSSR count). The molecule has 2 nitrogen and oxygen atoms in total. The Morgan fingerprint density at radius 2 is 2.35 bits per heavy atom. The molecule has 1 N–H and O–H groups in total. The lowest BCUT2D eigenvalue weighted by Crippen LogP contribution is -2.21. The monoisotopic (exact) mass is 270 g/mol. The fraction of sp³-hybridized carbons (Fsp3) is 0.250. The highest BCUT2D eigenvalue weighted by Gasteiger charge is 2.16. The van der Waals surface area contributed by atoms with Gasteiger partial charge in [0.25, 0.3) is 0 Å². The summed E-state index contributed by atoms with van der Waals surface area (Å²) >= 11 is 7.23. The van der Waals surface area contributed by atoms with E-state index in [0.29, 0.717) is 0 Å². The van der Waals surface area contributed by atoms with Gasteiger partial charge in [0, 0.05) is 11.6 Å². The van der Waals surface area contributed by atoms with Gasteiger partial charge >= 0.3 is 0 Å². The lowest BCUT2D eigenvalue weighted by atomic mass is 10.1. The van der Waals surface area contributed by atoms with Crippen LogP contribution >= 0.6 is 22.9 Å². The zero-order valence-electron chi connectivity index (χ0n) is 9.28. The maximum atomic E-state index is 13.4. The molecule has 2 aromatic rings. The molecule has 0 saturated carbocycles. The molecule has 0 radical (unpaired) electrons. The predicted octanol–water partition coefficient (Wildman–Crippen LogP) is 3.63. The Morgan fingerprint density at radius 3 is 2.94 bits per heavy atom. The summed E-state index contributed by atoms with van der Waals surface area (Å²) in [5, 5.41) is 6.26. The highest BCUT2D eigenvalue weighted by atomic mass is 35.5. The first kappa shape index (κ1) is 12.5. The van der Waals surface area contributed by atoms with Gasteiger partial charge in [0.15, 0.2) is 0 Å². The summed E-state index contributed by atoms with van der Waals surface area (Å²) in [7, 11) is 0. The molecule has 1 unspecified atom stereocenters. The Hall–Kier alpha value is -0.970. The number of nitrogens with one attached hydrogen (secondary N) is 1. The molecule has 1 aromatic heterocycles. The average Bonchev–Trinajstić information content (AvgIpc) is 2.83. The van der Waals surface area contributed by atoms with Gasteiger partial charge in [0.05, 0.1) is 11.1 Å². The Bertz CT molecular complexity index is 487. The van der Waals surface area contributed by atoms with Crippen LogP contribution in [0, 0.1) is 5.82 Å². The summed E-state index contributed by atoms with van der Waals surface area (Å²) in [5.74, 6) is -0.399. The molecule has 0 fully saturated rings. The van der Waals surface area contributed by atoms with E-state index in [1.54, 1.807) is 23.6 Å². The van der Waals surface area contributed by atoms with Crippen LogP contribution in [0.4, 0.5) is 4.39 Å². The number of hydrogen-bond donors (Lipinski definition) is 1. The van der Waals surface area contributed by atoms with Gasteiger partial charge in [0.1, 0.15) is 10.8 Å². The van der Waals surface area contributed by atoms with Crippen molar-refractivity contribution in [2.24, 2.45) is 0 Å². The normalized spacial score (nSPS) is 12.6. The molecular formula is C12H12ClFN2S. The number of benzene rings is 1. The zero-order chi connectivity index (χ0) is 12.3. The van der Waals surface area contributed by atoms with Gasteiger partial charge in [0.2, 0.25) is 0 Å². The van der Waals surface area contributed by atoms with Gasteiger partial charge in [-0.25, -0.2) is 9.37 Å². The van der Waals surface area contributed by atoms with E-state index < -0.39 is 5.82 Å². The van der Waals surface area contributed by atoms with Crippen LogP contribution in [0.15, 0.2) is 29.8 Å². The van der Waals surface area contributed by atoms with Crippen molar-refractivity contribution in [2.45, 2.75) is 13.0 Å². The molecule has 0 spiro atoms. The predicted molar refractivity (Wildman–Crippen MR) is 69.0 cm³/mol. The Kier molecular flexibility index (Phi) is 4.10. The molecule has 0 aliphatic carbocycles. The summed E-state index contributed by atoms with van der Waals surface area (Å²) in [4.78, 5) is 4.26. The van der Waals surface area contributed by atoms with Crippen molar-refractivity contribution in [1.82, 2.24) is 10.3 Å². The maximum absolute atomic E-state index is 13.4. The third kappa shape index (κ3) is 2.83. The minimum Gasteiger partial charge on any atom is -0.305 e. The van der Waals surface area contributed by atoms with Crippen molar-refractivity contribution in [2.75, 3.05) is 6.54 Å². The maximum Gasteiger partial charge on any atom is 0.142 e. The molecule has 0 amide bonds. The average molecular weight is 271 g/mol. The summed E-state index contributed by atoms with van der Waals surface area (Å²) < 4.78 is 13.4. The number of rotatable bonds is 4. The molecule has 1 heterocycles. The van der Waals surface area contributed by atoms with E-state index in [9.17, 15) is 4.39 Å². The van der Waals surface area contributed by atoms with Crippen LogP contribution in [0.1, 0.15) is 23.5 Å². The van der Waals surface area contributed by atoms with E-state index in [1.807, 2.05) is 18.4 Å². The highest BCUT2D eigenvalue weighted by Crippen LogP contribution is 2.26. The zero-order valence-corrected chi connectivity index (χ0v) is 10.9. The summed E-state index contributed by atoms with van der Waals surface area (Å²) in [6.45, 7) is 2.79. The molecule has 0 saturated heterocycles. The first-order valence-corrected chi connectivity index (χ1v) is 6.56. The van der Waals surface area contributed by atoms with Crippen LogP contribution in [-0.4, -0.2) is 11.5 Å². The second-order valence-electron chi connectivity index (χ2n) is 3.53. The van der Waals surface area contributed by atoms with Crippen molar-refractivity contribution >= 4 is 22.9 Å². The van der Waals surface area contributed by atoms with Crippen molar-refractivity contribution in [3.05, 3.63) is 51.2 Å². The van der Waals surface area contributed by atoms with Crippen molar-refractivity contribution in [3.8, 4) is 0 Å². The van der Waals surface area contributed by atoms with Gasteiger partial charge in [-0.15, -0.1) is 11.3 Å². The minimum atomic E-state index is -0.399. The lowest BCUT2D eigenvalue weighted by molar-refractivity contribution is 0.602. The minimum absolute atomic E-state index is 0.0771. The number of halogens is 2. The molecule has 0 bridgehead atoms. The summed E-state index contributed by atoms with van der Waals surface area (Å²) in [5.41, 5.74) is 0.837. The second-order valence-corrected chi connectivity index (χ2v) is 4.87. The molecule has 1 atom stereocenters. The smallest absolute Gasteiger partial charge is 0.142 e. The third-order valence-corrected chi connectivity index (χ3v) is 3.53. The summed E-state index contributed by atoms with van der Waals surface area (Å²) in [6.07, 6.45) is 1.75. The topological polar surface area (TPSA) is 24.9 Å². The number of aromatic nitrogens is 1. The van der Waals surface area contributed by atoms with E-state index in [1.165, 1.54) is 6.07 Å². The number of thiazole rings is 1. The van der Waals surface area contributed by atoms with Crippen molar-refractivity contribution in [3.63, 3.8) is 0 Å². The summed E-state index contributed by atoms with van der Waals surface area (Å²) in [6, 6.07) is 4.77. The van der Waals surface area contributed by atoms with E-state index in [0.717, 1.165) is 17.1 Å². The number of hydrogen-bond acceptors (Lipinski definition) is 3. The first-order chi connectivity index (χ1) is 8.22. The quantitative estimate of drug-likeness (QED) is 0.918. The molecule has 90 valence electrons. The van der Waals surface area contributed by atoms with Gasteiger partial charge in [-0.3, -0.25) is 0 Å². The Morgan fingerprint density at radius 1 is 1.53 bits per heavy atom. The fourth-order valence-corrected chi connectivity index (χ4v) is 2.48. The van der Waals surface area contributed by atoms with E-state index in [2.05, 4.69) is 10.3 Å². The van der Waals surface area contributed by atoms with Gasteiger partial charge in [-0.2, -0.15) is 0 Å². The number of nitrogens with zero attached hydrogens (tertiary/aromatic N) is 1. The second kappa shape index (κ2) is 5.58. The van der Waals surface area contributed by atoms with Crippen LogP contribution in [0.3, 0.4) is 0 Å². The van der Waals surface area contributed by atoms with Gasteiger partial charge < -0.3 is 5.32 Å². The van der Waals surface area contributed by atoms with Gasteiger partial charge in [-0.1, -0.05) is 24.6 Å². The SMILES string of the molecule is CCNC(c1ccc(Cl)c(F)c1)c1nccs1. The molecule has 1 aromatic carbocycles. The van der Waals surface area contributed by atoms with Crippen LogP contribution in [0.2, 0.25) is 5.02 Å². The van der Waals surface area contributed by atoms with Crippen LogP contribution < -0.4 is 5.32 Å². The molecule has 0 aliphatic rings. The third-order valence-electron chi connectivity index (χ3n) is 2.38. The van der Waals surface area contributed by atoms with Crippen LogP contribution in [-0.2, 0) is 0 Å². The molecule has 5 heteroatoms. The molecular weight excluding hydrogens is 259 g/mol. The van der Waals surface area contributed by atoms with E-state index in [4.69, 9.17) is 11.6 Å². The van der Waals surface area contributed by atoms with Gasteiger partial charge in [-0.05, 0) is 24.2 Å². The highest BCUT2D eigenvalue weighted by molar-refractivity contribution is 7.09. The van der Waals surface area contributed by atoms with Crippen LogP contribution in [0.25, 0.3) is 0 Å². The molecule has 0 aliphatic heterocycles. The first-order valence-electron chi connectivity index (χ1n) is 5.30. The standard InChI is InChI=1S/C12H12ClFN2S/c1-2-15-11(12-16-5-6-17-12)8-3-4-9(13)10(14)7-8/h3-7,11,15H,2H2,1H3. The van der Waals surface area contributed by atoms with E-state index in [-0.39, 0.29) is 11.1 Å². The fourth-order valence-electron chi connectivity index (χ4n) is 1.62. The van der Waals surface area contributed by atoms with E-state index >= 15 is 0 Å². The Labute approximate surface area is 108 Å². The molecule has 17 heavy (non-hydrogen) atoms. The largest absolute Gasteiger partial charge is 0.305 e. The lowest BCUT2D eigenvalue weighted by Gasteiger charge is -2.16. The Balaban J connectivity index is 2.35. The van der Waals surface area contributed by atoms with Crippen LogP contribution in [0.5, 0.6) is 0 Å². The van der Waals surface area contributed by atoms with Crippen molar-refractivity contribution < 1.29 is 4.39 Å². The van der Waals surface area contributed by atoms with Crippen molar-refractivity contribution in [1.29, 1.82) is 0 Å².